The summed E-state index contributed by atoms with van der Waals surface area (Å²) in [6.07, 6.45) is 0. The van der Waals surface area contributed by atoms with Gasteiger partial charge >= 0.3 is 0 Å². The fourth-order valence-corrected chi connectivity index (χ4v) is 2.62. The van der Waals surface area contributed by atoms with Gasteiger partial charge in [0.15, 0.2) is 4.93 Å². The van der Waals surface area contributed by atoms with Crippen molar-refractivity contribution in [1.82, 2.24) is 0 Å². The van der Waals surface area contributed by atoms with E-state index in [1.807, 2.05) is 60.7 Å². The molecule has 17 heavy (non-hydrogen) atoms. The summed E-state index contributed by atoms with van der Waals surface area (Å²) in [4.78, 5) is -0.0629. The van der Waals surface area contributed by atoms with E-state index in [-0.39, 0.29) is 6.54 Å². The van der Waals surface area contributed by atoms with E-state index in [2.05, 4.69) is 0 Å². The van der Waals surface area contributed by atoms with Crippen LogP contribution in [-0.4, -0.2) is 11.7 Å². The minimum Gasteiger partial charge on any atom is -0.374 e. The quantitative estimate of drug-likeness (QED) is 0.643. The average Bonchev–Trinajstić information content (AvgIpc) is 2.41. The van der Waals surface area contributed by atoms with Crippen molar-refractivity contribution in [3.63, 3.8) is 0 Å². The lowest BCUT2D eigenvalue weighted by Gasteiger charge is -2.26. The van der Waals surface area contributed by atoms with Crippen molar-refractivity contribution in [2.75, 3.05) is 6.54 Å². The highest BCUT2D eigenvalue weighted by atomic mass is 32.2. The Kier molecular flexibility index (Phi) is 3.84. The minimum atomic E-state index is -1.07. The summed E-state index contributed by atoms with van der Waals surface area (Å²) in [5.41, 5.74) is 6.55. The van der Waals surface area contributed by atoms with Gasteiger partial charge in [-0.2, -0.15) is 0 Å². The average molecular weight is 245 g/mol. The van der Waals surface area contributed by atoms with Crippen LogP contribution in [0.3, 0.4) is 0 Å². The molecule has 0 fully saturated rings. The molecule has 0 saturated carbocycles. The van der Waals surface area contributed by atoms with Crippen molar-refractivity contribution in [1.29, 1.82) is 0 Å². The normalized spacial score (nSPS) is 14.2. The van der Waals surface area contributed by atoms with Crippen LogP contribution < -0.4 is 5.73 Å². The zero-order valence-electron chi connectivity index (χ0n) is 9.41. The van der Waals surface area contributed by atoms with Crippen molar-refractivity contribution in [2.45, 2.75) is 9.83 Å². The molecule has 0 amide bonds. The van der Waals surface area contributed by atoms with E-state index in [1.165, 1.54) is 11.8 Å². The maximum Gasteiger partial charge on any atom is 0.152 e. The van der Waals surface area contributed by atoms with E-state index in [0.717, 1.165) is 10.5 Å². The molecule has 2 aromatic rings. The van der Waals surface area contributed by atoms with E-state index < -0.39 is 4.93 Å². The third-order valence-electron chi connectivity index (χ3n) is 2.53. The summed E-state index contributed by atoms with van der Waals surface area (Å²) >= 11 is 1.37. The first-order valence-electron chi connectivity index (χ1n) is 5.47. The fourth-order valence-electron chi connectivity index (χ4n) is 1.60. The lowest BCUT2D eigenvalue weighted by molar-refractivity contribution is 0.147. The number of benzene rings is 2. The molecule has 3 heteroatoms. The van der Waals surface area contributed by atoms with E-state index in [0.29, 0.717) is 0 Å². The van der Waals surface area contributed by atoms with Gasteiger partial charge < -0.3 is 10.8 Å². The summed E-state index contributed by atoms with van der Waals surface area (Å²) in [6.45, 7) is 0.177. The third-order valence-corrected chi connectivity index (χ3v) is 3.78. The van der Waals surface area contributed by atoms with Crippen LogP contribution in [0.5, 0.6) is 0 Å². The summed E-state index contributed by atoms with van der Waals surface area (Å²) < 4.78 is 0. The van der Waals surface area contributed by atoms with Crippen LogP contribution in [0.2, 0.25) is 0 Å². The van der Waals surface area contributed by atoms with E-state index >= 15 is 0 Å². The SMILES string of the molecule is NCC(O)(Sc1ccccc1)c1ccccc1. The first-order chi connectivity index (χ1) is 8.24. The first kappa shape index (κ1) is 12.2. The Hall–Kier alpha value is -1.29. The van der Waals surface area contributed by atoms with Gasteiger partial charge in [-0.3, -0.25) is 0 Å². The van der Waals surface area contributed by atoms with Crippen molar-refractivity contribution in [3.8, 4) is 0 Å². The van der Waals surface area contributed by atoms with Crippen molar-refractivity contribution >= 4 is 11.8 Å². The predicted octanol–water partition coefficient (Wildman–Crippen LogP) is 2.58. The van der Waals surface area contributed by atoms with Crippen molar-refractivity contribution in [2.24, 2.45) is 5.73 Å². The topological polar surface area (TPSA) is 46.2 Å². The summed E-state index contributed by atoms with van der Waals surface area (Å²) in [6, 6.07) is 19.3. The molecule has 0 aliphatic heterocycles. The number of hydrogen-bond acceptors (Lipinski definition) is 3. The molecule has 1 unspecified atom stereocenters. The minimum absolute atomic E-state index is 0.177. The molecule has 0 spiro atoms. The Bertz CT molecular complexity index is 460. The maximum atomic E-state index is 10.6. The van der Waals surface area contributed by atoms with Crippen LogP contribution in [0.1, 0.15) is 5.56 Å². The molecule has 2 rings (SSSR count). The molecule has 0 aliphatic rings. The van der Waals surface area contributed by atoms with Gasteiger partial charge in [-0.15, -0.1) is 0 Å². The van der Waals surface area contributed by atoms with Gasteiger partial charge in [0.2, 0.25) is 0 Å². The number of hydrogen-bond donors (Lipinski definition) is 2. The van der Waals surface area contributed by atoms with Crippen LogP contribution in [-0.2, 0) is 4.93 Å². The van der Waals surface area contributed by atoms with Gasteiger partial charge in [0.05, 0.1) is 0 Å². The molecule has 0 bridgehead atoms. The van der Waals surface area contributed by atoms with Crippen LogP contribution in [0.25, 0.3) is 0 Å². The molecule has 88 valence electrons. The largest absolute Gasteiger partial charge is 0.374 e. The van der Waals surface area contributed by atoms with E-state index in [1.54, 1.807) is 0 Å². The second-order valence-corrected chi connectivity index (χ2v) is 5.12. The molecule has 0 aliphatic carbocycles. The van der Waals surface area contributed by atoms with Crippen molar-refractivity contribution in [3.05, 3.63) is 66.2 Å². The molecular weight excluding hydrogens is 230 g/mol. The Morgan fingerprint density at radius 3 is 2.00 bits per heavy atom. The maximum absolute atomic E-state index is 10.6. The molecule has 2 aromatic carbocycles. The second-order valence-electron chi connectivity index (χ2n) is 3.77. The van der Waals surface area contributed by atoms with Crippen LogP contribution in [0.15, 0.2) is 65.6 Å². The van der Waals surface area contributed by atoms with Gasteiger partial charge in [0.25, 0.3) is 0 Å². The summed E-state index contributed by atoms with van der Waals surface area (Å²) in [5.74, 6) is 0. The van der Waals surface area contributed by atoms with E-state index in [9.17, 15) is 5.11 Å². The summed E-state index contributed by atoms with van der Waals surface area (Å²) in [7, 11) is 0. The van der Waals surface area contributed by atoms with Gasteiger partial charge in [-0.25, -0.2) is 0 Å². The van der Waals surface area contributed by atoms with Gasteiger partial charge in [-0.1, -0.05) is 60.3 Å². The van der Waals surface area contributed by atoms with Gasteiger partial charge in [0.1, 0.15) is 0 Å². The standard InChI is InChI=1S/C14H15NOS/c15-11-14(16,12-7-3-1-4-8-12)17-13-9-5-2-6-10-13/h1-10,16H,11,15H2. The lowest BCUT2D eigenvalue weighted by Crippen LogP contribution is -2.31. The highest BCUT2D eigenvalue weighted by Gasteiger charge is 2.28. The van der Waals surface area contributed by atoms with Gasteiger partial charge in [-0.05, 0) is 17.7 Å². The first-order valence-corrected chi connectivity index (χ1v) is 6.28. The molecule has 1 atom stereocenters. The molecule has 0 saturated heterocycles. The number of aliphatic hydroxyl groups is 1. The van der Waals surface area contributed by atoms with Crippen LogP contribution in [0, 0.1) is 0 Å². The Morgan fingerprint density at radius 2 is 1.47 bits per heavy atom. The number of rotatable bonds is 4. The highest BCUT2D eigenvalue weighted by Crippen LogP contribution is 2.38. The zero-order chi connectivity index (χ0) is 12.1. The smallest absolute Gasteiger partial charge is 0.152 e. The zero-order valence-corrected chi connectivity index (χ0v) is 10.2. The molecule has 3 N–H and O–H groups in total. The third kappa shape index (κ3) is 2.88. The van der Waals surface area contributed by atoms with Crippen LogP contribution in [0.4, 0.5) is 0 Å². The Balaban J connectivity index is 2.27. The Labute approximate surface area is 105 Å². The predicted molar refractivity (Wildman–Crippen MR) is 71.7 cm³/mol. The molecule has 2 nitrogen and oxygen atoms in total. The summed E-state index contributed by atoms with van der Waals surface area (Å²) in [5, 5.41) is 10.6. The van der Waals surface area contributed by atoms with Crippen LogP contribution >= 0.6 is 11.8 Å². The second kappa shape index (κ2) is 5.36. The molecule has 0 radical (unpaired) electrons. The van der Waals surface area contributed by atoms with Crippen molar-refractivity contribution < 1.29 is 5.11 Å². The van der Waals surface area contributed by atoms with Gasteiger partial charge in [0, 0.05) is 11.4 Å². The molecular formula is C14H15NOS. The Morgan fingerprint density at radius 1 is 0.941 bits per heavy atom. The number of thioether (sulfide) groups is 1. The molecule has 0 aromatic heterocycles. The van der Waals surface area contributed by atoms with E-state index in [4.69, 9.17) is 5.73 Å². The lowest BCUT2D eigenvalue weighted by atomic mass is 10.1. The number of nitrogens with two attached hydrogens (primary N) is 1. The highest BCUT2D eigenvalue weighted by molar-refractivity contribution is 8.00. The fraction of sp³-hybridized carbons (Fsp3) is 0.143. The molecule has 0 heterocycles. The monoisotopic (exact) mass is 245 g/mol.